The molecule has 25 heavy (non-hydrogen) atoms. The highest BCUT2D eigenvalue weighted by molar-refractivity contribution is 7.14. The van der Waals surface area contributed by atoms with Gasteiger partial charge < -0.3 is 10.1 Å². The van der Waals surface area contributed by atoms with Gasteiger partial charge in [0, 0.05) is 5.38 Å². The van der Waals surface area contributed by atoms with Crippen molar-refractivity contribution >= 4 is 39.2 Å². The first-order valence-corrected chi connectivity index (χ1v) is 8.33. The maximum Gasteiger partial charge on any atom is 0.357 e. The summed E-state index contributed by atoms with van der Waals surface area (Å²) in [6.45, 7) is 1.74. The SMILES string of the molecule is CCOC(=O)c1csc(NC(=O)Cn2cnc3ccccc3c2=O)n1. The van der Waals surface area contributed by atoms with E-state index in [1.165, 1.54) is 16.3 Å². The van der Waals surface area contributed by atoms with E-state index in [0.717, 1.165) is 11.3 Å². The van der Waals surface area contributed by atoms with E-state index in [-0.39, 0.29) is 29.5 Å². The van der Waals surface area contributed by atoms with Crippen molar-refractivity contribution in [2.24, 2.45) is 0 Å². The second kappa shape index (κ2) is 7.22. The average Bonchev–Trinajstić information content (AvgIpc) is 3.06. The second-order valence-electron chi connectivity index (χ2n) is 5.00. The average molecular weight is 358 g/mol. The van der Waals surface area contributed by atoms with E-state index in [1.54, 1.807) is 31.2 Å². The third kappa shape index (κ3) is 3.72. The number of nitrogens with one attached hydrogen (secondary N) is 1. The largest absolute Gasteiger partial charge is 0.461 e. The molecule has 3 rings (SSSR count). The number of benzene rings is 1. The van der Waals surface area contributed by atoms with Crippen molar-refractivity contribution in [1.29, 1.82) is 0 Å². The van der Waals surface area contributed by atoms with Gasteiger partial charge >= 0.3 is 5.97 Å². The quantitative estimate of drug-likeness (QED) is 0.696. The lowest BCUT2D eigenvalue weighted by molar-refractivity contribution is -0.116. The molecule has 2 aromatic heterocycles. The molecule has 0 fully saturated rings. The number of hydrogen-bond donors (Lipinski definition) is 1. The number of hydrogen-bond acceptors (Lipinski definition) is 7. The zero-order valence-corrected chi connectivity index (χ0v) is 14.1. The van der Waals surface area contributed by atoms with E-state index in [0.29, 0.717) is 10.9 Å². The lowest BCUT2D eigenvalue weighted by atomic mass is 10.2. The Bertz CT molecular complexity index is 995. The Labute approximate surface area is 146 Å². The fourth-order valence-corrected chi connectivity index (χ4v) is 2.86. The minimum atomic E-state index is -0.547. The Kier molecular flexibility index (Phi) is 4.85. The molecule has 1 aromatic carbocycles. The number of fused-ring (bicyclic) bond motifs is 1. The third-order valence-electron chi connectivity index (χ3n) is 3.28. The molecule has 0 spiro atoms. The van der Waals surface area contributed by atoms with Crippen molar-refractivity contribution < 1.29 is 14.3 Å². The molecule has 0 saturated carbocycles. The summed E-state index contributed by atoms with van der Waals surface area (Å²) in [4.78, 5) is 44.2. The van der Waals surface area contributed by atoms with Crippen molar-refractivity contribution in [3.05, 3.63) is 52.0 Å². The molecule has 8 nitrogen and oxygen atoms in total. The van der Waals surface area contributed by atoms with Crippen molar-refractivity contribution in [3.8, 4) is 0 Å². The molecule has 128 valence electrons. The van der Waals surface area contributed by atoms with E-state index < -0.39 is 11.9 Å². The minimum absolute atomic E-state index is 0.131. The summed E-state index contributed by atoms with van der Waals surface area (Å²) in [5.41, 5.74) is 0.405. The van der Waals surface area contributed by atoms with E-state index >= 15 is 0 Å². The number of anilines is 1. The molecule has 0 saturated heterocycles. The van der Waals surface area contributed by atoms with Crippen LogP contribution in [0.25, 0.3) is 10.9 Å². The molecule has 0 radical (unpaired) electrons. The molecular formula is C16H14N4O4S. The highest BCUT2D eigenvalue weighted by Crippen LogP contribution is 2.16. The van der Waals surface area contributed by atoms with Gasteiger partial charge in [0.1, 0.15) is 6.54 Å². The molecule has 0 unspecified atom stereocenters. The number of ether oxygens (including phenoxy) is 1. The topological polar surface area (TPSA) is 103 Å². The number of para-hydroxylation sites is 1. The number of nitrogens with zero attached hydrogens (tertiary/aromatic N) is 3. The van der Waals surface area contributed by atoms with Gasteiger partial charge in [0.25, 0.3) is 5.56 Å². The van der Waals surface area contributed by atoms with Crippen LogP contribution in [0.1, 0.15) is 17.4 Å². The first-order chi connectivity index (χ1) is 12.1. The lowest BCUT2D eigenvalue weighted by Gasteiger charge is -2.06. The maximum absolute atomic E-state index is 12.4. The summed E-state index contributed by atoms with van der Waals surface area (Å²) >= 11 is 1.10. The predicted molar refractivity (Wildman–Crippen MR) is 92.7 cm³/mol. The first-order valence-electron chi connectivity index (χ1n) is 7.45. The first kappa shape index (κ1) is 16.8. The van der Waals surface area contributed by atoms with Gasteiger partial charge in [0.2, 0.25) is 5.91 Å². The Balaban J connectivity index is 1.72. The molecule has 0 aliphatic carbocycles. The number of thiazole rings is 1. The van der Waals surface area contributed by atoms with Crippen LogP contribution in [0.3, 0.4) is 0 Å². The maximum atomic E-state index is 12.4. The van der Waals surface area contributed by atoms with Crippen LogP contribution in [0.5, 0.6) is 0 Å². The Morgan fingerprint density at radius 3 is 2.92 bits per heavy atom. The molecular weight excluding hydrogens is 344 g/mol. The molecule has 1 amide bonds. The molecule has 1 N–H and O–H groups in total. The monoisotopic (exact) mass is 358 g/mol. The van der Waals surface area contributed by atoms with Crippen molar-refractivity contribution in [2.45, 2.75) is 13.5 Å². The van der Waals surface area contributed by atoms with Gasteiger partial charge in [-0.25, -0.2) is 14.8 Å². The van der Waals surface area contributed by atoms with Crippen LogP contribution in [0.15, 0.2) is 40.8 Å². The van der Waals surface area contributed by atoms with Gasteiger partial charge in [-0.15, -0.1) is 11.3 Å². The molecule has 0 aliphatic heterocycles. The zero-order chi connectivity index (χ0) is 17.8. The molecule has 3 aromatic rings. The van der Waals surface area contributed by atoms with E-state index in [2.05, 4.69) is 15.3 Å². The normalized spacial score (nSPS) is 10.6. The summed E-state index contributed by atoms with van der Waals surface area (Å²) in [5.74, 6) is -0.988. The van der Waals surface area contributed by atoms with Crippen LogP contribution >= 0.6 is 11.3 Å². The van der Waals surface area contributed by atoms with Crippen LogP contribution < -0.4 is 10.9 Å². The van der Waals surface area contributed by atoms with Gasteiger partial charge in [0.15, 0.2) is 10.8 Å². The highest BCUT2D eigenvalue weighted by Gasteiger charge is 2.14. The van der Waals surface area contributed by atoms with Crippen molar-refractivity contribution in [1.82, 2.24) is 14.5 Å². The smallest absolute Gasteiger partial charge is 0.357 e. The van der Waals surface area contributed by atoms with E-state index in [1.807, 2.05) is 0 Å². The number of amides is 1. The van der Waals surface area contributed by atoms with Crippen LogP contribution in [0.2, 0.25) is 0 Å². The standard InChI is InChI=1S/C16H14N4O4S/c1-2-24-15(23)12-8-25-16(18-12)19-13(21)7-20-9-17-11-6-4-3-5-10(11)14(20)22/h3-6,8-9H,2,7H2,1H3,(H,18,19,21). The zero-order valence-electron chi connectivity index (χ0n) is 13.3. The molecule has 2 heterocycles. The van der Waals surface area contributed by atoms with Crippen LogP contribution in [0.4, 0.5) is 5.13 Å². The Morgan fingerprint density at radius 1 is 1.32 bits per heavy atom. The third-order valence-corrected chi connectivity index (χ3v) is 4.04. The van der Waals surface area contributed by atoms with Crippen LogP contribution in [-0.4, -0.2) is 33.0 Å². The highest BCUT2D eigenvalue weighted by atomic mass is 32.1. The van der Waals surface area contributed by atoms with Gasteiger partial charge in [-0.05, 0) is 19.1 Å². The summed E-state index contributed by atoms with van der Waals surface area (Å²) in [6, 6.07) is 6.91. The lowest BCUT2D eigenvalue weighted by Crippen LogP contribution is -2.27. The van der Waals surface area contributed by atoms with E-state index in [4.69, 9.17) is 4.74 Å². The summed E-state index contributed by atoms with van der Waals surface area (Å²) < 4.78 is 6.06. The molecule has 0 atom stereocenters. The number of rotatable bonds is 5. The van der Waals surface area contributed by atoms with Gasteiger partial charge in [-0.3, -0.25) is 14.2 Å². The fourth-order valence-electron chi connectivity index (χ4n) is 2.16. The molecule has 9 heteroatoms. The Morgan fingerprint density at radius 2 is 2.12 bits per heavy atom. The summed E-state index contributed by atoms with van der Waals surface area (Å²) in [6.07, 6.45) is 1.33. The predicted octanol–water partition coefficient (Wildman–Crippen LogP) is 1.67. The van der Waals surface area contributed by atoms with Crippen LogP contribution in [-0.2, 0) is 16.1 Å². The van der Waals surface area contributed by atoms with Crippen LogP contribution in [0, 0.1) is 0 Å². The van der Waals surface area contributed by atoms with E-state index in [9.17, 15) is 14.4 Å². The number of esters is 1. The molecule has 0 bridgehead atoms. The van der Waals surface area contributed by atoms with Gasteiger partial charge in [-0.1, -0.05) is 12.1 Å². The van der Waals surface area contributed by atoms with Crippen molar-refractivity contribution in [3.63, 3.8) is 0 Å². The second-order valence-corrected chi connectivity index (χ2v) is 5.86. The minimum Gasteiger partial charge on any atom is -0.461 e. The summed E-state index contributed by atoms with van der Waals surface area (Å²) in [5, 5.41) is 4.75. The van der Waals surface area contributed by atoms with Crippen molar-refractivity contribution in [2.75, 3.05) is 11.9 Å². The molecule has 0 aliphatic rings. The van der Waals surface area contributed by atoms with Gasteiger partial charge in [-0.2, -0.15) is 0 Å². The summed E-state index contributed by atoms with van der Waals surface area (Å²) in [7, 11) is 0. The number of carbonyl (C=O) groups excluding carboxylic acids is 2. The van der Waals surface area contributed by atoms with Gasteiger partial charge in [0.05, 0.1) is 23.8 Å². The number of aromatic nitrogens is 3. The fraction of sp³-hybridized carbons (Fsp3) is 0.188. The number of carbonyl (C=O) groups is 2. The Hall–Kier alpha value is -3.07.